The monoisotopic (exact) mass is 505 g/mol. The van der Waals surface area contributed by atoms with Crippen molar-refractivity contribution in [3.63, 3.8) is 0 Å². The summed E-state index contributed by atoms with van der Waals surface area (Å²) >= 11 is 0. The minimum absolute atomic E-state index is 0.0547. The van der Waals surface area contributed by atoms with Gasteiger partial charge in [-0.15, -0.1) is 0 Å². The van der Waals surface area contributed by atoms with E-state index in [1.54, 1.807) is 40.7 Å². The van der Waals surface area contributed by atoms with Crippen molar-refractivity contribution in [1.82, 2.24) is 5.32 Å². The number of esters is 3. The largest absolute Gasteiger partial charge is 0.480 e. The number of rotatable bonds is 12. The van der Waals surface area contributed by atoms with E-state index in [0.717, 1.165) is 32.1 Å². The van der Waals surface area contributed by atoms with Crippen LogP contribution in [0.4, 0.5) is 0 Å². The van der Waals surface area contributed by atoms with Crippen LogP contribution in [0.25, 0.3) is 0 Å². The Labute approximate surface area is 212 Å². The van der Waals surface area contributed by atoms with E-state index in [9.17, 15) is 24.3 Å². The molecule has 1 aliphatic rings. The van der Waals surface area contributed by atoms with Crippen molar-refractivity contribution in [3.8, 4) is 11.5 Å². The summed E-state index contributed by atoms with van der Waals surface area (Å²) in [5.74, 6) is -3.00. The summed E-state index contributed by atoms with van der Waals surface area (Å²) in [6.07, 6.45) is 4.45. The first kappa shape index (κ1) is 29.3. The zero-order valence-corrected chi connectivity index (χ0v) is 21.9. The van der Waals surface area contributed by atoms with Crippen LogP contribution >= 0.6 is 0 Å². The topological polar surface area (TPSA) is 128 Å². The number of carbonyl (C=O) groups excluding carboxylic acids is 3. The van der Waals surface area contributed by atoms with Crippen molar-refractivity contribution in [1.29, 1.82) is 0 Å². The van der Waals surface area contributed by atoms with E-state index in [1.165, 1.54) is 12.1 Å². The smallest absolute Gasteiger partial charge is 0.321 e. The van der Waals surface area contributed by atoms with E-state index >= 15 is 0 Å². The van der Waals surface area contributed by atoms with E-state index in [2.05, 4.69) is 5.32 Å². The lowest BCUT2D eigenvalue weighted by atomic mass is 9.89. The molecule has 2 atom stereocenters. The molecular formula is C27H39NO8. The van der Waals surface area contributed by atoms with Crippen LogP contribution in [0.15, 0.2) is 18.2 Å². The molecule has 0 bridgehead atoms. The van der Waals surface area contributed by atoms with Gasteiger partial charge < -0.3 is 24.6 Å². The first-order chi connectivity index (χ1) is 17.0. The molecule has 1 aromatic rings. The predicted molar refractivity (Wildman–Crippen MR) is 133 cm³/mol. The normalized spacial score (nSPS) is 15.9. The van der Waals surface area contributed by atoms with Crippen molar-refractivity contribution in [2.45, 2.75) is 85.3 Å². The van der Waals surface area contributed by atoms with Crippen molar-refractivity contribution >= 4 is 23.9 Å². The highest BCUT2D eigenvalue weighted by atomic mass is 16.6. The molecule has 0 aromatic heterocycles. The zero-order valence-electron chi connectivity index (χ0n) is 21.9. The molecule has 1 fully saturated rings. The highest BCUT2D eigenvalue weighted by Crippen LogP contribution is 2.30. The van der Waals surface area contributed by atoms with Gasteiger partial charge in [-0.3, -0.25) is 19.2 Å². The quantitative estimate of drug-likeness (QED) is 0.321. The molecule has 36 heavy (non-hydrogen) atoms. The molecule has 2 N–H and O–H groups in total. The van der Waals surface area contributed by atoms with Crippen LogP contribution in [0, 0.1) is 17.8 Å². The Morgan fingerprint density at radius 1 is 0.917 bits per heavy atom. The molecule has 9 nitrogen and oxygen atoms in total. The summed E-state index contributed by atoms with van der Waals surface area (Å²) in [6, 6.07) is 3.65. The number of hydrogen-bond donors (Lipinski definition) is 2. The van der Waals surface area contributed by atoms with Crippen LogP contribution < -0.4 is 14.8 Å². The Morgan fingerprint density at radius 3 is 2.06 bits per heavy atom. The molecule has 200 valence electrons. The molecule has 0 heterocycles. The van der Waals surface area contributed by atoms with Gasteiger partial charge in [-0.25, -0.2) is 0 Å². The van der Waals surface area contributed by atoms with Gasteiger partial charge in [0.1, 0.15) is 12.1 Å². The Bertz CT molecular complexity index is 920. The Balaban J connectivity index is 2.07. The lowest BCUT2D eigenvalue weighted by Gasteiger charge is -2.23. The van der Waals surface area contributed by atoms with Crippen LogP contribution in [0.3, 0.4) is 0 Å². The molecule has 1 saturated carbocycles. The number of carboxylic acids is 1. The molecule has 9 heteroatoms. The van der Waals surface area contributed by atoms with Crippen LogP contribution in [-0.4, -0.2) is 47.7 Å². The number of benzene rings is 1. The maximum atomic E-state index is 12.4. The second-order valence-corrected chi connectivity index (χ2v) is 10.0. The van der Waals surface area contributed by atoms with Gasteiger partial charge in [-0.2, -0.15) is 0 Å². The molecule has 2 rings (SSSR count). The second-order valence-electron chi connectivity index (χ2n) is 10.0. The molecule has 0 saturated heterocycles. The number of carboxylic acid groups (broad SMARTS) is 1. The fraction of sp³-hybridized carbons (Fsp3) is 0.630. The van der Waals surface area contributed by atoms with Gasteiger partial charge in [0, 0.05) is 6.54 Å². The average molecular weight is 506 g/mol. The van der Waals surface area contributed by atoms with Crippen LogP contribution in [0.5, 0.6) is 11.5 Å². The fourth-order valence-electron chi connectivity index (χ4n) is 3.76. The average Bonchev–Trinajstić information content (AvgIpc) is 2.83. The number of hydrogen-bond acceptors (Lipinski definition) is 8. The third-order valence-corrected chi connectivity index (χ3v) is 6.02. The van der Waals surface area contributed by atoms with Gasteiger partial charge in [0.25, 0.3) is 0 Å². The highest BCUT2D eigenvalue weighted by Gasteiger charge is 2.26. The van der Waals surface area contributed by atoms with E-state index < -0.39 is 36.0 Å². The Hall–Kier alpha value is -2.94. The van der Waals surface area contributed by atoms with E-state index in [0.29, 0.717) is 5.56 Å². The summed E-state index contributed by atoms with van der Waals surface area (Å²) in [6.45, 7) is 8.64. The maximum absolute atomic E-state index is 12.4. The van der Waals surface area contributed by atoms with Crippen molar-refractivity contribution in [2.24, 2.45) is 17.8 Å². The minimum atomic E-state index is -1.07. The number of ether oxygens (including phenoxy) is 3. The molecule has 1 aliphatic carbocycles. The summed E-state index contributed by atoms with van der Waals surface area (Å²) in [5.41, 5.74) is 0.567. The number of aliphatic carboxylic acids is 1. The second kappa shape index (κ2) is 14.0. The SMILES string of the molecule is CC(CN[C@@H](Cc1ccc(OC(=O)C(C)C)c(OC(=O)C(C)C)c1)C(=O)O)OC(=O)C1CCCCC1. The summed E-state index contributed by atoms with van der Waals surface area (Å²) in [4.78, 5) is 48.5. The summed E-state index contributed by atoms with van der Waals surface area (Å²) in [7, 11) is 0. The van der Waals surface area contributed by atoms with Crippen LogP contribution in [0.1, 0.15) is 72.3 Å². The number of nitrogens with one attached hydrogen (secondary N) is 1. The molecule has 0 radical (unpaired) electrons. The molecule has 1 aromatic carbocycles. The first-order valence-corrected chi connectivity index (χ1v) is 12.7. The van der Waals surface area contributed by atoms with Gasteiger partial charge in [-0.1, -0.05) is 53.0 Å². The van der Waals surface area contributed by atoms with Gasteiger partial charge >= 0.3 is 23.9 Å². The lowest BCUT2D eigenvalue weighted by Crippen LogP contribution is -2.43. The third kappa shape index (κ3) is 9.26. The van der Waals surface area contributed by atoms with Crippen LogP contribution in [0.2, 0.25) is 0 Å². The molecule has 0 amide bonds. The lowest BCUT2D eigenvalue weighted by molar-refractivity contribution is -0.154. The Morgan fingerprint density at radius 2 is 1.50 bits per heavy atom. The zero-order chi connectivity index (χ0) is 26.8. The predicted octanol–water partition coefficient (Wildman–Crippen LogP) is 3.91. The summed E-state index contributed by atoms with van der Waals surface area (Å²) < 4.78 is 16.3. The van der Waals surface area contributed by atoms with Gasteiger partial charge in [-0.05, 0) is 43.9 Å². The van der Waals surface area contributed by atoms with Crippen molar-refractivity contribution in [2.75, 3.05) is 6.54 Å². The molecular weight excluding hydrogens is 466 g/mol. The third-order valence-electron chi connectivity index (χ3n) is 6.02. The minimum Gasteiger partial charge on any atom is -0.480 e. The first-order valence-electron chi connectivity index (χ1n) is 12.7. The fourth-order valence-corrected chi connectivity index (χ4v) is 3.76. The van der Waals surface area contributed by atoms with Crippen molar-refractivity contribution in [3.05, 3.63) is 23.8 Å². The molecule has 1 unspecified atom stereocenters. The van der Waals surface area contributed by atoms with Crippen molar-refractivity contribution < 1.29 is 38.5 Å². The van der Waals surface area contributed by atoms with E-state index in [4.69, 9.17) is 14.2 Å². The van der Waals surface area contributed by atoms with Gasteiger partial charge in [0.2, 0.25) is 0 Å². The maximum Gasteiger partial charge on any atom is 0.321 e. The van der Waals surface area contributed by atoms with Crippen LogP contribution in [-0.2, 0) is 30.3 Å². The standard InChI is InChI=1S/C27H39NO8/c1-16(2)25(31)35-22-12-11-19(14-23(22)36-26(32)17(3)4)13-21(24(29)30)28-15-18(5)34-27(33)20-9-7-6-8-10-20/h11-12,14,16-18,20-21,28H,6-10,13,15H2,1-5H3,(H,29,30)/t18?,21-/m0/s1. The van der Waals surface area contributed by atoms with Gasteiger partial charge in [0.05, 0.1) is 17.8 Å². The highest BCUT2D eigenvalue weighted by molar-refractivity contribution is 5.78. The van der Waals surface area contributed by atoms with E-state index in [1.807, 2.05) is 0 Å². The summed E-state index contributed by atoms with van der Waals surface area (Å²) in [5, 5.41) is 12.7. The number of carbonyl (C=O) groups is 4. The van der Waals surface area contributed by atoms with E-state index in [-0.39, 0.29) is 42.3 Å². The molecule has 0 spiro atoms. The molecule has 0 aliphatic heterocycles. The van der Waals surface area contributed by atoms with Gasteiger partial charge in [0.15, 0.2) is 11.5 Å². The Kier molecular flexibility index (Phi) is 11.4.